The van der Waals surface area contributed by atoms with E-state index in [0.717, 1.165) is 36.1 Å². The van der Waals surface area contributed by atoms with Crippen molar-refractivity contribution in [2.75, 3.05) is 32.8 Å². The Bertz CT molecular complexity index is 1360. The highest BCUT2D eigenvalue weighted by atomic mass is 16.5. The molecule has 1 fully saturated rings. The summed E-state index contributed by atoms with van der Waals surface area (Å²) in [5, 5.41) is 1.04. The van der Waals surface area contributed by atoms with E-state index < -0.39 is 11.4 Å². The van der Waals surface area contributed by atoms with Gasteiger partial charge in [-0.3, -0.25) is 9.69 Å². The lowest BCUT2D eigenvalue weighted by Crippen LogP contribution is -2.37. The summed E-state index contributed by atoms with van der Waals surface area (Å²) in [6.07, 6.45) is 3.86. The minimum Gasteiger partial charge on any atom is -0.492 e. The third kappa shape index (κ3) is 5.34. The van der Waals surface area contributed by atoms with Crippen molar-refractivity contribution in [3.05, 3.63) is 71.6 Å². The van der Waals surface area contributed by atoms with Gasteiger partial charge in [0.1, 0.15) is 12.4 Å². The number of amides is 1. The fourth-order valence-corrected chi connectivity index (χ4v) is 5.56. The maximum Gasteiger partial charge on any atom is 0.342 e. The highest BCUT2D eigenvalue weighted by Gasteiger charge is 2.37. The largest absolute Gasteiger partial charge is 0.492 e. The summed E-state index contributed by atoms with van der Waals surface area (Å²) in [5.41, 5.74) is 3.09. The molecule has 1 N–H and O–H groups in total. The van der Waals surface area contributed by atoms with Crippen LogP contribution in [0.15, 0.2) is 54.7 Å². The summed E-state index contributed by atoms with van der Waals surface area (Å²) in [6, 6.07) is 15.3. The Balaban J connectivity index is 1.46. The van der Waals surface area contributed by atoms with Gasteiger partial charge in [0.2, 0.25) is 0 Å². The van der Waals surface area contributed by atoms with E-state index in [9.17, 15) is 9.59 Å². The number of para-hydroxylation sites is 1. The van der Waals surface area contributed by atoms with E-state index in [2.05, 4.69) is 29.8 Å². The monoisotopic (exact) mass is 515 g/mol. The maximum absolute atomic E-state index is 13.9. The van der Waals surface area contributed by atoms with Crippen LogP contribution in [0.3, 0.4) is 0 Å². The standard InChI is InChI=1S/C31H37N3O4/c1-21(2)38-30(36)25-19-34(20-31(3,4)27-24-12-5-6-13-26(24)32-28(25)27)29(35)22-10-9-11-23(18-22)37-17-16-33-14-7-8-15-33/h5-6,9-13,18-19,21,32H,7-8,14-17,20H2,1-4H3. The Labute approximate surface area is 224 Å². The van der Waals surface area contributed by atoms with Crippen molar-refractivity contribution in [2.45, 2.75) is 52.1 Å². The van der Waals surface area contributed by atoms with Gasteiger partial charge in [0.05, 0.1) is 17.4 Å². The van der Waals surface area contributed by atoms with E-state index >= 15 is 0 Å². The van der Waals surface area contributed by atoms with Gasteiger partial charge in [-0.2, -0.15) is 0 Å². The number of carbonyl (C=O) groups is 2. The quantitative estimate of drug-likeness (QED) is 0.428. The molecule has 38 heavy (non-hydrogen) atoms. The van der Waals surface area contributed by atoms with Gasteiger partial charge in [0.15, 0.2) is 0 Å². The van der Waals surface area contributed by atoms with Gasteiger partial charge in [-0.1, -0.05) is 38.1 Å². The number of hydrogen-bond donors (Lipinski definition) is 1. The fraction of sp³-hybridized carbons (Fsp3) is 0.419. The maximum atomic E-state index is 13.9. The van der Waals surface area contributed by atoms with Gasteiger partial charge < -0.3 is 19.4 Å². The van der Waals surface area contributed by atoms with Crippen molar-refractivity contribution >= 4 is 28.4 Å². The lowest BCUT2D eigenvalue weighted by molar-refractivity contribution is -0.140. The number of rotatable bonds is 7. The van der Waals surface area contributed by atoms with E-state index in [4.69, 9.17) is 9.47 Å². The minimum absolute atomic E-state index is 0.188. The Kier molecular flexibility index (Phi) is 7.30. The summed E-state index contributed by atoms with van der Waals surface area (Å²) in [5.74, 6) is 0.0263. The first-order chi connectivity index (χ1) is 18.2. The van der Waals surface area contributed by atoms with E-state index in [1.165, 1.54) is 12.8 Å². The zero-order valence-electron chi connectivity index (χ0n) is 22.8. The van der Waals surface area contributed by atoms with E-state index in [-0.39, 0.29) is 12.0 Å². The van der Waals surface area contributed by atoms with E-state index in [1.54, 1.807) is 23.2 Å². The number of esters is 1. The predicted molar refractivity (Wildman–Crippen MR) is 149 cm³/mol. The van der Waals surface area contributed by atoms with Crippen molar-refractivity contribution in [3.8, 4) is 5.75 Å². The third-order valence-corrected chi connectivity index (χ3v) is 7.28. The molecule has 0 unspecified atom stereocenters. The van der Waals surface area contributed by atoms with Crippen molar-refractivity contribution in [1.29, 1.82) is 0 Å². The number of benzene rings is 2. The molecule has 5 rings (SSSR count). The Morgan fingerprint density at radius 2 is 1.82 bits per heavy atom. The van der Waals surface area contributed by atoms with Crippen LogP contribution in [-0.4, -0.2) is 65.6 Å². The van der Waals surface area contributed by atoms with Crippen molar-refractivity contribution in [1.82, 2.24) is 14.8 Å². The molecule has 3 heterocycles. The van der Waals surface area contributed by atoms with Crippen LogP contribution in [0.4, 0.5) is 0 Å². The number of aromatic nitrogens is 1. The van der Waals surface area contributed by atoms with Gasteiger partial charge in [0.25, 0.3) is 5.91 Å². The number of carbonyl (C=O) groups excluding carboxylic acids is 2. The molecule has 1 aromatic heterocycles. The first-order valence-corrected chi connectivity index (χ1v) is 13.5. The number of nitrogens with one attached hydrogen (secondary N) is 1. The molecule has 1 amide bonds. The summed E-state index contributed by atoms with van der Waals surface area (Å²) in [7, 11) is 0. The van der Waals surface area contributed by atoms with Gasteiger partial charge in [-0.15, -0.1) is 0 Å². The van der Waals surface area contributed by atoms with E-state index in [1.807, 2.05) is 44.2 Å². The topological polar surface area (TPSA) is 74.9 Å². The van der Waals surface area contributed by atoms with E-state index in [0.29, 0.717) is 35.7 Å². The molecule has 1 saturated heterocycles. The zero-order chi connectivity index (χ0) is 26.9. The molecule has 7 heteroatoms. The molecular weight excluding hydrogens is 478 g/mol. The van der Waals surface area contributed by atoms with Gasteiger partial charge in [-0.25, -0.2) is 4.79 Å². The van der Waals surface area contributed by atoms with Crippen LogP contribution in [0.1, 0.15) is 62.2 Å². The highest BCUT2D eigenvalue weighted by Crippen LogP contribution is 2.40. The summed E-state index contributed by atoms with van der Waals surface area (Å²) in [4.78, 5) is 34.7. The van der Waals surface area contributed by atoms with Gasteiger partial charge in [-0.05, 0) is 69.6 Å². The molecule has 3 aromatic rings. The first-order valence-electron chi connectivity index (χ1n) is 13.5. The molecule has 0 saturated carbocycles. The number of ether oxygens (including phenoxy) is 2. The van der Waals surface area contributed by atoms with Crippen LogP contribution in [0.5, 0.6) is 5.75 Å². The van der Waals surface area contributed by atoms with Crippen LogP contribution in [0, 0.1) is 0 Å². The average Bonchev–Trinajstić information content (AvgIpc) is 3.51. The number of likely N-dealkylation sites (tertiary alicyclic amines) is 1. The van der Waals surface area contributed by atoms with Crippen LogP contribution in [0.2, 0.25) is 0 Å². The van der Waals surface area contributed by atoms with Crippen molar-refractivity contribution in [3.63, 3.8) is 0 Å². The number of H-pyrrole nitrogens is 1. The SMILES string of the molecule is CC(C)OC(=O)C1=CN(C(=O)c2cccc(OCCN3CCCC3)c2)CC(C)(C)c2c1[nH]c1ccccc21. The van der Waals surface area contributed by atoms with Crippen LogP contribution in [0.25, 0.3) is 16.5 Å². The summed E-state index contributed by atoms with van der Waals surface area (Å²) >= 11 is 0. The Morgan fingerprint density at radius 1 is 1.05 bits per heavy atom. The fourth-order valence-electron chi connectivity index (χ4n) is 5.56. The minimum atomic E-state index is -0.456. The molecule has 0 bridgehead atoms. The second-order valence-electron chi connectivity index (χ2n) is 11.2. The molecule has 200 valence electrons. The number of hydrogen-bond acceptors (Lipinski definition) is 5. The lowest BCUT2D eigenvalue weighted by Gasteiger charge is -2.29. The number of aromatic amines is 1. The molecule has 0 spiro atoms. The second kappa shape index (κ2) is 10.7. The van der Waals surface area contributed by atoms with Gasteiger partial charge >= 0.3 is 5.97 Å². The number of nitrogens with zero attached hydrogens (tertiary/aromatic N) is 2. The summed E-state index contributed by atoms with van der Waals surface area (Å²) in [6.45, 7) is 12.0. The molecule has 0 atom stereocenters. The molecule has 7 nitrogen and oxygen atoms in total. The molecular formula is C31H37N3O4. The highest BCUT2D eigenvalue weighted by molar-refractivity contribution is 6.18. The van der Waals surface area contributed by atoms with Crippen molar-refractivity contribution in [2.24, 2.45) is 0 Å². The zero-order valence-corrected chi connectivity index (χ0v) is 22.8. The van der Waals surface area contributed by atoms with Crippen LogP contribution < -0.4 is 4.74 Å². The smallest absolute Gasteiger partial charge is 0.342 e. The molecule has 2 aromatic carbocycles. The second-order valence-corrected chi connectivity index (χ2v) is 11.2. The predicted octanol–water partition coefficient (Wildman–Crippen LogP) is 5.37. The van der Waals surface area contributed by atoms with Crippen LogP contribution >= 0.6 is 0 Å². The molecule has 0 aliphatic carbocycles. The Morgan fingerprint density at radius 3 is 2.58 bits per heavy atom. The third-order valence-electron chi connectivity index (χ3n) is 7.28. The van der Waals surface area contributed by atoms with Gasteiger partial charge in [0, 0.05) is 41.2 Å². The van der Waals surface area contributed by atoms with Crippen molar-refractivity contribution < 1.29 is 19.1 Å². The molecule has 0 radical (unpaired) electrons. The molecule has 2 aliphatic heterocycles. The molecule has 2 aliphatic rings. The van der Waals surface area contributed by atoms with Crippen LogP contribution in [-0.2, 0) is 14.9 Å². The number of fused-ring (bicyclic) bond motifs is 3. The average molecular weight is 516 g/mol. The summed E-state index contributed by atoms with van der Waals surface area (Å²) < 4.78 is 11.6. The lowest BCUT2D eigenvalue weighted by atomic mass is 9.81. The Hall–Kier alpha value is -3.58. The normalized spacial score (nSPS) is 17.3. The first kappa shape index (κ1) is 26.0.